The fourth-order valence-electron chi connectivity index (χ4n) is 7.64. The van der Waals surface area contributed by atoms with Gasteiger partial charge in [0.15, 0.2) is 0 Å². The number of thiophene rings is 1. The Hall–Kier alpha value is -6.30. The van der Waals surface area contributed by atoms with E-state index >= 15 is 0 Å². The predicted molar refractivity (Wildman–Crippen MR) is 205 cm³/mol. The van der Waals surface area contributed by atoms with Gasteiger partial charge in [-0.1, -0.05) is 121 Å². The Balaban J connectivity index is 1.15. The first-order valence-corrected chi connectivity index (χ1v) is 17.2. The third kappa shape index (κ3) is 3.85. The summed E-state index contributed by atoms with van der Waals surface area (Å²) in [5, 5.41) is 8.18. The summed E-state index contributed by atoms with van der Waals surface area (Å²) < 4.78 is 11.2. The molecule has 0 spiro atoms. The number of aromatic nitrogens is 3. The highest BCUT2D eigenvalue weighted by Gasteiger charge is 2.21. The molecule has 0 aliphatic carbocycles. The van der Waals surface area contributed by atoms with Gasteiger partial charge in [-0.2, -0.15) is 0 Å². The normalized spacial score (nSPS) is 12.1. The second-order valence-electron chi connectivity index (χ2n) is 12.5. The fourth-order valence-corrected chi connectivity index (χ4v) is 8.75. The summed E-state index contributed by atoms with van der Waals surface area (Å²) in [5.41, 5.74) is 9.07. The van der Waals surface area contributed by atoms with E-state index in [9.17, 15) is 0 Å². The number of para-hydroxylation sites is 4. The number of furan rings is 1. The van der Waals surface area contributed by atoms with Crippen LogP contribution in [0.2, 0.25) is 0 Å². The van der Waals surface area contributed by atoms with Crippen molar-refractivity contribution < 1.29 is 4.42 Å². The van der Waals surface area contributed by atoms with Crippen molar-refractivity contribution in [3.05, 3.63) is 152 Å². The van der Waals surface area contributed by atoms with Crippen molar-refractivity contribution in [3.63, 3.8) is 0 Å². The van der Waals surface area contributed by atoms with Crippen LogP contribution in [0.25, 0.3) is 103 Å². The molecule has 0 saturated carbocycles. The Bertz CT molecular complexity index is 3110. The van der Waals surface area contributed by atoms with Gasteiger partial charge in [0.2, 0.25) is 5.95 Å². The van der Waals surface area contributed by atoms with Crippen LogP contribution in [-0.2, 0) is 0 Å². The van der Waals surface area contributed by atoms with Gasteiger partial charge < -0.3 is 4.42 Å². The topological polar surface area (TPSA) is 43.9 Å². The summed E-state index contributed by atoms with van der Waals surface area (Å²) in [6.45, 7) is 0. The van der Waals surface area contributed by atoms with Crippen LogP contribution >= 0.6 is 11.3 Å². The highest BCUT2D eigenvalue weighted by molar-refractivity contribution is 7.26. The molecular formula is C44H25N3OS. The molecule has 0 aliphatic heterocycles. The largest absolute Gasteiger partial charge is 0.455 e. The standard InChI is InChI=1S/C44H25N3OS/c1-5-16-35-33(12-1)41(27-22-20-26(21-23-27)28-14-9-15-32-30-11-3-7-18-37(30)48-43(28)32)46-44(45-35)47-36-17-6-2-10-29(36)31-24-25-39-40(42(31)47)34-13-4-8-19-38(34)49-39/h1-25H. The lowest BCUT2D eigenvalue weighted by molar-refractivity contribution is 0.670. The molecule has 11 rings (SSSR count). The van der Waals surface area contributed by atoms with E-state index in [1.54, 1.807) is 0 Å². The van der Waals surface area contributed by atoms with Gasteiger partial charge in [-0.3, -0.25) is 4.57 Å². The van der Waals surface area contributed by atoms with Crippen LogP contribution in [0.5, 0.6) is 0 Å². The second-order valence-corrected chi connectivity index (χ2v) is 13.6. The van der Waals surface area contributed by atoms with Crippen molar-refractivity contribution in [1.82, 2.24) is 14.5 Å². The molecule has 0 atom stereocenters. The first kappa shape index (κ1) is 26.7. The van der Waals surface area contributed by atoms with Crippen LogP contribution in [0.4, 0.5) is 0 Å². The summed E-state index contributed by atoms with van der Waals surface area (Å²) in [4.78, 5) is 10.6. The first-order chi connectivity index (χ1) is 24.3. The molecule has 0 amide bonds. The zero-order chi connectivity index (χ0) is 32.1. The summed E-state index contributed by atoms with van der Waals surface area (Å²) >= 11 is 1.83. The molecule has 0 N–H and O–H groups in total. The first-order valence-electron chi connectivity index (χ1n) is 16.4. The monoisotopic (exact) mass is 643 g/mol. The Labute approximate surface area is 284 Å². The number of fused-ring (bicyclic) bond motifs is 11. The zero-order valence-corrected chi connectivity index (χ0v) is 26.9. The molecule has 0 unspecified atom stereocenters. The molecular weight excluding hydrogens is 619 g/mol. The van der Waals surface area contributed by atoms with E-state index in [1.165, 1.54) is 30.9 Å². The van der Waals surface area contributed by atoms with Crippen LogP contribution in [0.15, 0.2) is 156 Å². The molecule has 4 aromatic heterocycles. The third-order valence-corrected chi connectivity index (χ3v) is 11.0. The molecule has 49 heavy (non-hydrogen) atoms. The van der Waals surface area contributed by atoms with Crippen molar-refractivity contribution >= 4 is 86.2 Å². The van der Waals surface area contributed by atoms with Crippen LogP contribution in [-0.4, -0.2) is 14.5 Å². The van der Waals surface area contributed by atoms with Gasteiger partial charge in [-0.05, 0) is 35.9 Å². The zero-order valence-electron chi connectivity index (χ0n) is 26.1. The highest BCUT2D eigenvalue weighted by Crippen LogP contribution is 2.43. The molecule has 5 heteroatoms. The van der Waals surface area contributed by atoms with Crippen LogP contribution in [0, 0.1) is 0 Å². The minimum atomic E-state index is 0.666. The Morgan fingerprint density at radius 3 is 2.10 bits per heavy atom. The molecule has 4 heterocycles. The van der Waals surface area contributed by atoms with E-state index in [4.69, 9.17) is 14.4 Å². The van der Waals surface area contributed by atoms with E-state index in [-0.39, 0.29) is 0 Å². The molecule has 0 bridgehead atoms. The average molecular weight is 644 g/mol. The van der Waals surface area contributed by atoms with Crippen LogP contribution in [0.1, 0.15) is 0 Å². The molecule has 4 nitrogen and oxygen atoms in total. The lowest BCUT2D eigenvalue weighted by Crippen LogP contribution is -2.03. The molecule has 0 radical (unpaired) electrons. The Morgan fingerprint density at radius 2 is 1.20 bits per heavy atom. The number of rotatable bonds is 3. The van der Waals surface area contributed by atoms with Crippen LogP contribution in [0.3, 0.4) is 0 Å². The smallest absolute Gasteiger partial charge is 0.235 e. The van der Waals surface area contributed by atoms with E-state index in [1.807, 2.05) is 23.5 Å². The summed E-state index contributed by atoms with van der Waals surface area (Å²) in [7, 11) is 0. The Morgan fingerprint density at radius 1 is 0.490 bits per heavy atom. The van der Waals surface area contributed by atoms with Crippen molar-refractivity contribution in [2.24, 2.45) is 0 Å². The predicted octanol–water partition coefficient (Wildman–Crippen LogP) is 12.3. The van der Waals surface area contributed by atoms with Crippen LogP contribution < -0.4 is 0 Å². The van der Waals surface area contributed by atoms with Gasteiger partial charge >= 0.3 is 0 Å². The van der Waals surface area contributed by atoms with Crippen molar-refractivity contribution in [2.75, 3.05) is 0 Å². The van der Waals surface area contributed by atoms with Gasteiger partial charge in [0.25, 0.3) is 0 Å². The fraction of sp³-hybridized carbons (Fsp3) is 0. The maximum atomic E-state index is 6.37. The molecule has 0 aliphatic rings. The number of hydrogen-bond acceptors (Lipinski definition) is 4. The SMILES string of the molecule is c1ccc2c(-c3ccc(-c4cccc5c4oc4ccccc45)cc3)nc(-n3c4ccccc4c4ccc5sc6ccccc6c5c43)nc2c1. The van der Waals surface area contributed by atoms with Gasteiger partial charge in [0.1, 0.15) is 11.2 Å². The molecule has 11 aromatic rings. The number of nitrogens with zero attached hydrogens (tertiary/aromatic N) is 3. The van der Waals surface area contributed by atoms with E-state index in [2.05, 4.69) is 144 Å². The summed E-state index contributed by atoms with van der Waals surface area (Å²) in [5.74, 6) is 0.666. The minimum Gasteiger partial charge on any atom is -0.455 e. The van der Waals surface area contributed by atoms with Gasteiger partial charge in [0, 0.05) is 58.2 Å². The third-order valence-electron chi connectivity index (χ3n) is 9.84. The quantitative estimate of drug-likeness (QED) is 0.192. The second kappa shape index (κ2) is 10.1. The van der Waals surface area contributed by atoms with E-state index < -0.39 is 0 Å². The lowest BCUT2D eigenvalue weighted by atomic mass is 9.99. The maximum absolute atomic E-state index is 6.37. The van der Waals surface area contributed by atoms with Gasteiger partial charge in [-0.25, -0.2) is 9.97 Å². The number of hydrogen-bond donors (Lipinski definition) is 0. The molecule has 0 saturated heterocycles. The minimum absolute atomic E-state index is 0.666. The van der Waals surface area contributed by atoms with E-state index in [0.717, 1.165) is 66.3 Å². The van der Waals surface area contributed by atoms with Crippen molar-refractivity contribution in [2.45, 2.75) is 0 Å². The molecule has 0 fully saturated rings. The van der Waals surface area contributed by atoms with Gasteiger partial charge in [-0.15, -0.1) is 11.3 Å². The van der Waals surface area contributed by atoms with Crippen molar-refractivity contribution in [3.8, 4) is 28.3 Å². The lowest BCUT2D eigenvalue weighted by Gasteiger charge is -2.13. The van der Waals surface area contributed by atoms with Crippen molar-refractivity contribution in [1.29, 1.82) is 0 Å². The highest BCUT2D eigenvalue weighted by atomic mass is 32.1. The summed E-state index contributed by atoms with van der Waals surface area (Å²) in [6, 6.07) is 53.4. The Kier molecular flexibility index (Phi) is 5.51. The summed E-state index contributed by atoms with van der Waals surface area (Å²) in [6.07, 6.45) is 0. The van der Waals surface area contributed by atoms with E-state index in [0.29, 0.717) is 5.95 Å². The van der Waals surface area contributed by atoms with Gasteiger partial charge in [0.05, 0.1) is 22.2 Å². The maximum Gasteiger partial charge on any atom is 0.235 e. The average Bonchev–Trinajstić information content (AvgIpc) is 3.84. The molecule has 7 aromatic carbocycles. The molecule has 228 valence electrons. The number of benzene rings is 7.